The van der Waals surface area contributed by atoms with Crippen LogP contribution in [-0.2, 0) is 4.79 Å². The van der Waals surface area contributed by atoms with Gasteiger partial charge in [-0.2, -0.15) is 5.10 Å². The Balaban J connectivity index is 1.86. The second-order valence-corrected chi connectivity index (χ2v) is 6.36. The number of methoxy groups -OCH3 is 2. The average Bonchev–Trinajstić information content (AvgIpc) is 3.34. The molecule has 0 fully saturated rings. The van der Waals surface area contributed by atoms with Crippen molar-refractivity contribution in [3.05, 3.63) is 59.9 Å². The number of hydrogen-bond donors (Lipinski definition) is 0. The summed E-state index contributed by atoms with van der Waals surface area (Å²) < 4.78 is 16.8. The number of ether oxygens (including phenoxy) is 2. The van der Waals surface area contributed by atoms with E-state index in [1.807, 2.05) is 42.5 Å². The van der Waals surface area contributed by atoms with Crippen LogP contribution in [0.25, 0.3) is 11.0 Å². The molecule has 1 aromatic heterocycles. The topological polar surface area (TPSA) is 64.3 Å². The number of benzene rings is 2. The first-order valence-electron chi connectivity index (χ1n) is 8.68. The summed E-state index contributed by atoms with van der Waals surface area (Å²) in [5.41, 5.74) is 3.21. The molecule has 1 aliphatic heterocycles. The first-order valence-corrected chi connectivity index (χ1v) is 8.68. The Morgan fingerprint density at radius 2 is 1.96 bits per heavy atom. The molecule has 6 nitrogen and oxygen atoms in total. The Kier molecular flexibility index (Phi) is 4.32. The van der Waals surface area contributed by atoms with Gasteiger partial charge in [-0.1, -0.05) is 30.3 Å². The molecule has 27 heavy (non-hydrogen) atoms. The summed E-state index contributed by atoms with van der Waals surface area (Å²) in [6, 6.07) is 13.4. The van der Waals surface area contributed by atoms with Crippen LogP contribution in [0.1, 0.15) is 30.5 Å². The van der Waals surface area contributed by atoms with E-state index in [-0.39, 0.29) is 11.9 Å². The van der Waals surface area contributed by atoms with Crippen molar-refractivity contribution in [2.75, 3.05) is 14.2 Å². The molecule has 0 radical (unpaired) electrons. The standard InChI is InChI=1S/C21H20N2O4/c1-13(24)23-17(14-7-5-4-6-8-14)11-16(22-23)20-19(25-2)12-18-15(9-10-27-18)21(20)26-3/h4-10,12,17H,11H2,1-3H3/t17-/m1/s1. The maximum atomic E-state index is 12.2. The zero-order chi connectivity index (χ0) is 19.0. The minimum Gasteiger partial charge on any atom is -0.496 e. The summed E-state index contributed by atoms with van der Waals surface area (Å²) in [6.45, 7) is 1.52. The molecule has 1 amide bonds. The molecule has 0 saturated heterocycles. The zero-order valence-corrected chi connectivity index (χ0v) is 15.4. The van der Waals surface area contributed by atoms with Gasteiger partial charge < -0.3 is 13.9 Å². The lowest BCUT2D eigenvalue weighted by atomic mass is 9.96. The highest BCUT2D eigenvalue weighted by atomic mass is 16.5. The number of rotatable bonds is 4. The van der Waals surface area contributed by atoms with Crippen LogP contribution in [0, 0.1) is 0 Å². The summed E-state index contributed by atoms with van der Waals surface area (Å²) >= 11 is 0. The van der Waals surface area contributed by atoms with Gasteiger partial charge in [0, 0.05) is 19.4 Å². The summed E-state index contributed by atoms with van der Waals surface area (Å²) in [5.74, 6) is 1.13. The molecule has 3 aromatic rings. The lowest BCUT2D eigenvalue weighted by Crippen LogP contribution is -2.24. The Morgan fingerprint density at radius 1 is 1.19 bits per heavy atom. The minimum atomic E-state index is -0.159. The predicted octanol–water partition coefficient (Wildman–Crippen LogP) is 4.15. The van der Waals surface area contributed by atoms with Crippen molar-refractivity contribution in [3.63, 3.8) is 0 Å². The van der Waals surface area contributed by atoms with Gasteiger partial charge in [-0.3, -0.25) is 4.79 Å². The van der Waals surface area contributed by atoms with E-state index in [0.717, 1.165) is 22.2 Å². The van der Waals surface area contributed by atoms with E-state index in [0.29, 0.717) is 23.5 Å². The number of carbonyl (C=O) groups excluding carboxylic acids is 1. The number of fused-ring (bicyclic) bond motifs is 1. The third kappa shape index (κ3) is 2.83. The third-order valence-electron chi connectivity index (χ3n) is 4.81. The molecule has 0 bridgehead atoms. The monoisotopic (exact) mass is 364 g/mol. The van der Waals surface area contributed by atoms with Crippen LogP contribution in [0.4, 0.5) is 0 Å². The van der Waals surface area contributed by atoms with Crippen LogP contribution in [0.2, 0.25) is 0 Å². The Bertz CT molecular complexity index is 1020. The number of amides is 1. The fourth-order valence-corrected chi connectivity index (χ4v) is 3.59. The molecular formula is C21H20N2O4. The summed E-state index contributed by atoms with van der Waals surface area (Å²) in [7, 11) is 3.21. The molecule has 0 N–H and O–H groups in total. The third-order valence-corrected chi connectivity index (χ3v) is 4.81. The number of furan rings is 1. The molecule has 1 atom stereocenters. The van der Waals surface area contributed by atoms with Crippen molar-refractivity contribution >= 4 is 22.6 Å². The summed E-state index contributed by atoms with van der Waals surface area (Å²) in [5, 5.41) is 7.01. The molecule has 1 aliphatic rings. The van der Waals surface area contributed by atoms with Gasteiger partial charge in [0.2, 0.25) is 5.91 Å². The normalized spacial score (nSPS) is 16.5. The largest absolute Gasteiger partial charge is 0.496 e. The van der Waals surface area contributed by atoms with Gasteiger partial charge in [-0.05, 0) is 11.6 Å². The molecule has 4 rings (SSSR count). The molecule has 6 heteroatoms. The van der Waals surface area contributed by atoms with Crippen LogP contribution >= 0.6 is 0 Å². The summed E-state index contributed by atoms with van der Waals surface area (Å²) in [6.07, 6.45) is 2.18. The van der Waals surface area contributed by atoms with Crippen LogP contribution < -0.4 is 9.47 Å². The lowest BCUT2D eigenvalue weighted by molar-refractivity contribution is -0.130. The minimum absolute atomic E-state index is 0.110. The van der Waals surface area contributed by atoms with Crippen LogP contribution in [0.15, 0.2) is 58.2 Å². The molecule has 0 saturated carbocycles. The maximum Gasteiger partial charge on any atom is 0.240 e. The van der Waals surface area contributed by atoms with E-state index in [1.165, 1.54) is 11.9 Å². The van der Waals surface area contributed by atoms with Gasteiger partial charge in [0.25, 0.3) is 0 Å². The van der Waals surface area contributed by atoms with Gasteiger partial charge in [0.1, 0.15) is 17.1 Å². The zero-order valence-electron chi connectivity index (χ0n) is 15.4. The van der Waals surface area contributed by atoms with E-state index in [4.69, 9.17) is 13.9 Å². The summed E-state index contributed by atoms with van der Waals surface area (Å²) in [4.78, 5) is 12.2. The van der Waals surface area contributed by atoms with Crippen molar-refractivity contribution in [3.8, 4) is 11.5 Å². The number of hydrazone groups is 1. The average molecular weight is 364 g/mol. The van der Waals surface area contributed by atoms with Crippen LogP contribution in [-0.4, -0.2) is 30.8 Å². The van der Waals surface area contributed by atoms with E-state index >= 15 is 0 Å². The first-order chi connectivity index (χ1) is 13.1. The maximum absolute atomic E-state index is 12.2. The smallest absolute Gasteiger partial charge is 0.240 e. The SMILES string of the molecule is COc1cc2occc2c(OC)c1C1=NN(C(C)=O)[C@@H](c2ccccc2)C1. The highest BCUT2D eigenvalue weighted by Gasteiger charge is 2.34. The van der Waals surface area contributed by atoms with Crippen molar-refractivity contribution in [2.45, 2.75) is 19.4 Å². The van der Waals surface area contributed by atoms with E-state index in [9.17, 15) is 4.79 Å². The lowest BCUT2D eigenvalue weighted by Gasteiger charge is -2.20. The van der Waals surface area contributed by atoms with Crippen LogP contribution in [0.5, 0.6) is 11.5 Å². The molecule has 0 spiro atoms. The molecule has 2 aromatic carbocycles. The Hall–Kier alpha value is -3.28. The number of carbonyl (C=O) groups is 1. The van der Waals surface area contributed by atoms with Gasteiger partial charge >= 0.3 is 0 Å². The van der Waals surface area contributed by atoms with E-state index in [1.54, 1.807) is 20.5 Å². The quantitative estimate of drug-likeness (QED) is 0.698. The van der Waals surface area contributed by atoms with E-state index < -0.39 is 0 Å². The first kappa shape index (κ1) is 17.1. The molecule has 2 heterocycles. The fraction of sp³-hybridized carbons (Fsp3) is 0.238. The Morgan fingerprint density at radius 3 is 2.63 bits per heavy atom. The molecule has 0 unspecified atom stereocenters. The second kappa shape index (κ2) is 6.79. The highest BCUT2D eigenvalue weighted by Crippen LogP contribution is 2.42. The molecule has 0 aliphatic carbocycles. The van der Waals surface area contributed by atoms with Gasteiger partial charge in [0.15, 0.2) is 0 Å². The van der Waals surface area contributed by atoms with Crippen molar-refractivity contribution in [1.29, 1.82) is 0 Å². The second-order valence-electron chi connectivity index (χ2n) is 6.36. The van der Waals surface area contributed by atoms with E-state index in [2.05, 4.69) is 5.10 Å². The van der Waals surface area contributed by atoms with Gasteiger partial charge in [-0.25, -0.2) is 5.01 Å². The number of hydrogen-bond acceptors (Lipinski definition) is 5. The van der Waals surface area contributed by atoms with Crippen molar-refractivity contribution in [2.24, 2.45) is 5.10 Å². The fourth-order valence-electron chi connectivity index (χ4n) is 3.59. The predicted molar refractivity (Wildman–Crippen MR) is 102 cm³/mol. The molecule has 138 valence electrons. The van der Waals surface area contributed by atoms with Crippen molar-refractivity contribution < 1.29 is 18.7 Å². The van der Waals surface area contributed by atoms with Gasteiger partial charge in [-0.15, -0.1) is 0 Å². The Labute approximate surface area is 157 Å². The van der Waals surface area contributed by atoms with Gasteiger partial charge in [0.05, 0.1) is 43.2 Å². The molecular weight excluding hydrogens is 344 g/mol. The highest BCUT2D eigenvalue weighted by molar-refractivity contribution is 6.11. The van der Waals surface area contributed by atoms with Crippen molar-refractivity contribution in [1.82, 2.24) is 5.01 Å². The number of nitrogens with zero attached hydrogens (tertiary/aromatic N) is 2. The van der Waals surface area contributed by atoms with Crippen LogP contribution in [0.3, 0.4) is 0 Å².